The van der Waals surface area contributed by atoms with Gasteiger partial charge in [-0.2, -0.15) is 0 Å². The molecule has 0 aromatic heterocycles. The Morgan fingerprint density at radius 3 is 1.32 bits per heavy atom. The second kappa shape index (κ2) is 29.5. The van der Waals surface area contributed by atoms with Gasteiger partial charge in [0.05, 0.1) is 0 Å². The number of rotatable bonds is 27. The van der Waals surface area contributed by atoms with E-state index in [1.54, 1.807) is 0 Å². The van der Waals surface area contributed by atoms with E-state index in [1.165, 1.54) is 89.9 Å². The Bertz CT molecular complexity index is 336. The van der Waals surface area contributed by atoms with Crippen LogP contribution in [-0.4, -0.2) is 58.9 Å². The highest BCUT2D eigenvalue weighted by atomic mass is 15.0. The molecule has 0 spiro atoms. The molecule has 0 aliphatic rings. The summed E-state index contributed by atoms with van der Waals surface area (Å²) in [5.74, 6) is 0. The first-order valence-corrected chi connectivity index (χ1v) is 13.6. The quantitative estimate of drug-likeness (QED) is 0.0972. The van der Waals surface area contributed by atoms with E-state index >= 15 is 0 Å². The summed E-state index contributed by atoms with van der Waals surface area (Å²) in [6, 6.07) is 0. The Morgan fingerprint density at radius 1 is 0.452 bits per heavy atom. The zero-order valence-corrected chi connectivity index (χ0v) is 21.0. The van der Waals surface area contributed by atoms with Gasteiger partial charge < -0.3 is 27.0 Å². The van der Waals surface area contributed by atoms with Crippen LogP contribution < -0.4 is 27.0 Å². The van der Waals surface area contributed by atoms with Crippen LogP contribution >= 0.6 is 0 Å². The maximum atomic E-state index is 5.43. The third-order valence-electron chi connectivity index (χ3n) is 5.62. The molecule has 0 fully saturated rings. The Kier molecular flexibility index (Phi) is 29.1. The molecule has 0 saturated heterocycles. The van der Waals surface area contributed by atoms with Crippen molar-refractivity contribution < 1.29 is 0 Å². The van der Waals surface area contributed by atoms with Crippen LogP contribution in [0.25, 0.3) is 0 Å². The van der Waals surface area contributed by atoms with Crippen molar-refractivity contribution in [1.82, 2.24) is 21.3 Å². The van der Waals surface area contributed by atoms with E-state index in [1.807, 2.05) is 0 Å². The number of nitrogens with one attached hydrogen (secondary N) is 4. The first-order valence-electron chi connectivity index (χ1n) is 13.6. The van der Waals surface area contributed by atoms with E-state index in [0.717, 1.165) is 52.4 Å². The van der Waals surface area contributed by atoms with Gasteiger partial charge in [0.15, 0.2) is 0 Å². The standard InChI is InChI=1S/C26H57N5/c1-2-3-4-5-6-7-8-9-10-11-12-13-14-15-16-17-19-28-21-23-30-25-26-31-24-22-29-20-18-27/h9-10,28-31H,2-8,11-27H2,1H3/b10-9-. The van der Waals surface area contributed by atoms with E-state index in [0.29, 0.717) is 6.54 Å². The number of unbranched alkanes of at least 4 members (excludes halogenated alkanes) is 12. The maximum Gasteiger partial charge on any atom is 0.00772 e. The second-order valence-electron chi connectivity index (χ2n) is 8.73. The molecule has 0 aliphatic carbocycles. The molecule has 0 atom stereocenters. The molecule has 0 rings (SSSR count). The van der Waals surface area contributed by atoms with Gasteiger partial charge in [0, 0.05) is 52.4 Å². The summed E-state index contributed by atoms with van der Waals surface area (Å²) in [5, 5.41) is 13.7. The fourth-order valence-corrected chi connectivity index (χ4v) is 3.63. The zero-order chi connectivity index (χ0) is 22.5. The van der Waals surface area contributed by atoms with Crippen molar-refractivity contribution in [1.29, 1.82) is 0 Å². The smallest absolute Gasteiger partial charge is 0.00772 e. The normalized spacial score (nSPS) is 11.7. The van der Waals surface area contributed by atoms with Crippen LogP contribution in [0, 0.1) is 0 Å². The third-order valence-corrected chi connectivity index (χ3v) is 5.62. The Morgan fingerprint density at radius 2 is 0.839 bits per heavy atom. The number of nitrogens with two attached hydrogens (primary N) is 1. The minimum Gasteiger partial charge on any atom is -0.329 e. The van der Waals surface area contributed by atoms with E-state index in [4.69, 9.17) is 5.73 Å². The number of hydrogen-bond donors (Lipinski definition) is 5. The highest BCUT2D eigenvalue weighted by Gasteiger charge is 1.93. The van der Waals surface area contributed by atoms with Crippen LogP contribution in [-0.2, 0) is 0 Å². The molecule has 31 heavy (non-hydrogen) atoms. The molecule has 5 heteroatoms. The Labute approximate surface area is 195 Å². The topological polar surface area (TPSA) is 74.1 Å². The fraction of sp³-hybridized carbons (Fsp3) is 0.923. The summed E-state index contributed by atoms with van der Waals surface area (Å²) in [5.41, 5.74) is 5.43. The van der Waals surface area contributed by atoms with Crippen LogP contribution in [0.15, 0.2) is 12.2 Å². The summed E-state index contributed by atoms with van der Waals surface area (Å²) in [4.78, 5) is 0. The van der Waals surface area contributed by atoms with E-state index in [9.17, 15) is 0 Å². The van der Waals surface area contributed by atoms with Crippen molar-refractivity contribution >= 4 is 0 Å². The highest BCUT2D eigenvalue weighted by molar-refractivity contribution is 4.81. The second-order valence-corrected chi connectivity index (χ2v) is 8.73. The van der Waals surface area contributed by atoms with Gasteiger partial charge in [0.2, 0.25) is 0 Å². The van der Waals surface area contributed by atoms with E-state index in [2.05, 4.69) is 40.3 Å². The van der Waals surface area contributed by atoms with Gasteiger partial charge in [-0.3, -0.25) is 0 Å². The summed E-state index contributed by atoms with van der Waals surface area (Å²) < 4.78 is 0. The molecule has 0 bridgehead atoms. The Hall–Kier alpha value is -0.460. The van der Waals surface area contributed by atoms with Crippen molar-refractivity contribution in [3.05, 3.63) is 12.2 Å². The maximum absolute atomic E-state index is 5.43. The molecule has 0 aromatic carbocycles. The van der Waals surface area contributed by atoms with Crippen LogP contribution in [0.5, 0.6) is 0 Å². The summed E-state index contributed by atoms with van der Waals surface area (Å²) >= 11 is 0. The van der Waals surface area contributed by atoms with Gasteiger partial charge in [0.25, 0.3) is 0 Å². The summed E-state index contributed by atoms with van der Waals surface area (Å²) in [6.45, 7) is 11.3. The van der Waals surface area contributed by atoms with Gasteiger partial charge in [-0.1, -0.05) is 76.9 Å². The van der Waals surface area contributed by atoms with Crippen molar-refractivity contribution in [3.8, 4) is 0 Å². The van der Waals surface area contributed by atoms with Gasteiger partial charge in [0.1, 0.15) is 0 Å². The lowest BCUT2D eigenvalue weighted by atomic mass is 10.1. The molecule has 5 nitrogen and oxygen atoms in total. The molecule has 0 heterocycles. The molecular weight excluding hydrogens is 382 g/mol. The average Bonchev–Trinajstić information content (AvgIpc) is 2.78. The zero-order valence-electron chi connectivity index (χ0n) is 21.0. The molecule has 0 saturated carbocycles. The molecule has 6 N–H and O–H groups in total. The van der Waals surface area contributed by atoms with E-state index < -0.39 is 0 Å². The molecular formula is C26H57N5. The fourth-order valence-electron chi connectivity index (χ4n) is 3.63. The van der Waals surface area contributed by atoms with Crippen molar-refractivity contribution in [2.75, 3.05) is 58.9 Å². The minimum atomic E-state index is 0.714. The monoisotopic (exact) mass is 439 g/mol. The molecule has 0 unspecified atom stereocenters. The first kappa shape index (κ1) is 30.5. The lowest BCUT2D eigenvalue weighted by Crippen LogP contribution is -2.36. The van der Waals surface area contributed by atoms with Crippen LogP contribution in [0.4, 0.5) is 0 Å². The lowest BCUT2D eigenvalue weighted by Gasteiger charge is -2.08. The SMILES string of the molecule is CCCCCCCC/C=C\CCCCCCCCNCCNCCNCCNCCN. The third kappa shape index (κ3) is 29.5. The molecule has 0 aliphatic heterocycles. The first-order chi connectivity index (χ1) is 15.4. The molecule has 186 valence electrons. The lowest BCUT2D eigenvalue weighted by molar-refractivity contribution is 0.545. The summed E-state index contributed by atoms with van der Waals surface area (Å²) in [6.07, 6.45) is 24.1. The van der Waals surface area contributed by atoms with Crippen molar-refractivity contribution in [2.24, 2.45) is 5.73 Å². The molecule has 0 aromatic rings. The van der Waals surface area contributed by atoms with E-state index in [-0.39, 0.29) is 0 Å². The predicted octanol–water partition coefficient (Wildman–Crippen LogP) is 4.34. The van der Waals surface area contributed by atoms with Gasteiger partial charge >= 0.3 is 0 Å². The minimum absolute atomic E-state index is 0.714. The van der Waals surface area contributed by atoms with Crippen LogP contribution in [0.1, 0.15) is 96.8 Å². The molecule has 0 amide bonds. The highest BCUT2D eigenvalue weighted by Crippen LogP contribution is 2.09. The number of hydrogen-bond acceptors (Lipinski definition) is 5. The largest absolute Gasteiger partial charge is 0.329 e. The van der Waals surface area contributed by atoms with Crippen molar-refractivity contribution in [2.45, 2.75) is 96.8 Å². The van der Waals surface area contributed by atoms with Gasteiger partial charge in [-0.15, -0.1) is 0 Å². The predicted molar refractivity (Wildman–Crippen MR) is 140 cm³/mol. The number of allylic oxidation sites excluding steroid dienone is 2. The average molecular weight is 440 g/mol. The summed E-state index contributed by atoms with van der Waals surface area (Å²) in [7, 11) is 0. The van der Waals surface area contributed by atoms with Gasteiger partial charge in [-0.25, -0.2) is 0 Å². The van der Waals surface area contributed by atoms with Crippen molar-refractivity contribution in [3.63, 3.8) is 0 Å². The van der Waals surface area contributed by atoms with Crippen LogP contribution in [0.3, 0.4) is 0 Å². The van der Waals surface area contributed by atoms with Gasteiger partial charge in [-0.05, 0) is 38.6 Å². The Balaban J connectivity index is 3.04. The van der Waals surface area contributed by atoms with Crippen LogP contribution in [0.2, 0.25) is 0 Å². The molecule has 0 radical (unpaired) electrons.